The first-order valence-corrected chi connectivity index (χ1v) is 9.43. The average molecular weight is 376 g/mol. The van der Waals surface area contributed by atoms with Gasteiger partial charge in [0.2, 0.25) is 0 Å². The minimum absolute atomic E-state index is 0.302. The van der Waals surface area contributed by atoms with Gasteiger partial charge in [-0.05, 0) is 40.6 Å². The third-order valence-electron chi connectivity index (χ3n) is 4.34. The normalized spacial score (nSPS) is 11.9. The maximum absolute atomic E-state index is 13.3. The van der Waals surface area contributed by atoms with Crippen molar-refractivity contribution >= 4 is 33.8 Å². The largest absolute Gasteiger partial charge is 0.326 e. The summed E-state index contributed by atoms with van der Waals surface area (Å²) in [5.41, 5.74) is 1.57. The van der Waals surface area contributed by atoms with E-state index in [0.717, 1.165) is 26.9 Å². The fourth-order valence-electron chi connectivity index (χ4n) is 3.05. The molecule has 0 saturated heterocycles. The number of hydrogen-bond donors (Lipinski definition) is 2. The number of hydrogen-bond acceptors (Lipinski definition) is 2. The van der Waals surface area contributed by atoms with Gasteiger partial charge >= 0.3 is 6.03 Å². The van der Waals surface area contributed by atoms with Crippen molar-refractivity contribution in [2.24, 2.45) is 0 Å². The second-order valence-corrected chi connectivity index (χ2v) is 7.10. The van der Waals surface area contributed by atoms with Crippen LogP contribution < -0.4 is 10.6 Å². The van der Waals surface area contributed by atoms with Crippen LogP contribution in [-0.4, -0.2) is 6.03 Å². The second-order valence-electron chi connectivity index (χ2n) is 6.13. The molecule has 134 valence electrons. The summed E-state index contributed by atoms with van der Waals surface area (Å²) in [4.78, 5) is 13.7. The smallest absolute Gasteiger partial charge is 0.320 e. The van der Waals surface area contributed by atoms with Gasteiger partial charge in [-0.1, -0.05) is 54.6 Å². The first-order chi connectivity index (χ1) is 13.2. The SMILES string of the molecule is O=C(Nc1cccc2ccccc12)NC(c1ccc(F)cc1)c1cccs1. The van der Waals surface area contributed by atoms with E-state index in [4.69, 9.17) is 0 Å². The van der Waals surface area contributed by atoms with Crippen molar-refractivity contribution in [3.05, 3.63) is 101 Å². The van der Waals surface area contributed by atoms with Crippen LogP contribution in [0.5, 0.6) is 0 Å². The molecule has 3 aromatic carbocycles. The Morgan fingerprint density at radius 1 is 0.889 bits per heavy atom. The Hall–Kier alpha value is -3.18. The van der Waals surface area contributed by atoms with Gasteiger partial charge in [-0.3, -0.25) is 0 Å². The number of fused-ring (bicyclic) bond motifs is 1. The van der Waals surface area contributed by atoms with Gasteiger partial charge < -0.3 is 10.6 Å². The number of anilines is 1. The van der Waals surface area contributed by atoms with Gasteiger partial charge in [-0.2, -0.15) is 0 Å². The van der Waals surface area contributed by atoms with Crippen molar-refractivity contribution in [2.75, 3.05) is 5.32 Å². The molecule has 3 nitrogen and oxygen atoms in total. The van der Waals surface area contributed by atoms with Crippen LogP contribution in [0.15, 0.2) is 84.2 Å². The van der Waals surface area contributed by atoms with Crippen molar-refractivity contribution in [3.63, 3.8) is 0 Å². The van der Waals surface area contributed by atoms with E-state index in [2.05, 4.69) is 10.6 Å². The Kier molecular flexibility index (Phi) is 4.85. The lowest BCUT2D eigenvalue weighted by atomic mass is 10.1. The molecule has 1 atom stereocenters. The molecule has 0 fully saturated rings. The van der Waals surface area contributed by atoms with Crippen molar-refractivity contribution in [1.82, 2.24) is 5.32 Å². The van der Waals surface area contributed by atoms with Crippen LogP contribution in [0.3, 0.4) is 0 Å². The van der Waals surface area contributed by atoms with E-state index in [1.165, 1.54) is 12.1 Å². The van der Waals surface area contributed by atoms with Crippen LogP contribution in [0.25, 0.3) is 10.8 Å². The summed E-state index contributed by atoms with van der Waals surface area (Å²) in [6.07, 6.45) is 0. The monoisotopic (exact) mass is 376 g/mol. The van der Waals surface area contributed by atoms with Crippen LogP contribution in [0.4, 0.5) is 14.9 Å². The van der Waals surface area contributed by atoms with Crippen LogP contribution in [0.2, 0.25) is 0 Å². The highest BCUT2D eigenvalue weighted by molar-refractivity contribution is 7.10. The molecule has 2 amide bonds. The summed E-state index contributed by atoms with van der Waals surface area (Å²) >= 11 is 1.54. The number of amides is 2. The zero-order valence-electron chi connectivity index (χ0n) is 14.4. The Bertz CT molecular complexity index is 1060. The molecule has 2 N–H and O–H groups in total. The third kappa shape index (κ3) is 3.83. The van der Waals surface area contributed by atoms with Gasteiger partial charge in [0.1, 0.15) is 5.82 Å². The molecule has 1 aromatic heterocycles. The first kappa shape index (κ1) is 17.2. The van der Waals surface area contributed by atoms with Gasteiger partial charge in [0.05, 0.1) is 11.7 Å². The Morgan fingerprint density at radius 3 is 2.44 bits per heavy atom. The number of carbonyl (C=O) groups excluding carboxylic acids is 1. The minimum atomic E-state index is -0.347. The number of carbonyl (C=O) groups is 1. The molecule has 0 saturated carbocycles. The highest BCUT2D eigenvalue weighted by Crippen LogP contribution is 2.27. The quantitative estimate of drug-likeness (QED) is 0.454. The van der Waals surface area contributed by atoms with Crippen molar-refractivity contribution < 1.29 is 9.18 Å². The van der Waals surface area contributed by atoms with Gasteiger partial charge in [0, 0.05) is 10.3 Å². The van der Waals surface area contributed by atoms with E-state index in [9.17, 15) is 9.18 Å². The number of rotatable bonds is 4. The molecule has 1 unspecified atom stereocenters. The van der Waals surface area contributed by atoms with E-state index in [-0.39, 0.29) is 17.9 Å². The van der Waals surface area contributed by atoms with Crippen molar-refractivity contribution in [1.29, 1.82) is 0 Å². The van der Waals surface area contributed by atoms with E-state index in [1.54, 1.807) is 23.5 Å². The summed E-state index contributed by atoms with van der Waals surface area (Å²) in [5, 5.41) is 9.94. The molecular weight excluding hydrogens is 359 g/mol. The van der Waals surface area contributed by atoms with Crippen molar-refractivity contribution in [3.8, 4) is 0 Å². The van der Waals surface area contributed by atoms with Gasteiger partial charge in [-0.15, -0.1) is 11.3 Å². The van der Waals surface area contributed by atoms with E-state index in [0.29, 0.717) is 0 Å². The third-order valence-corrected chi connectivity index (χ3v) is 5.28. The molecule has 0 spiro atoms. The molecule has 27 heavy (non-hydrogen) atoms. The lowest BCUT2D eigenvalue weighted by Crippen LogP contribution is -2.32. The van der Waals surface area contributed by atoms with Gasteiger partial charge in [0.15, 0.2) is 0 Å². The van der Waals surface area contributed by atoms with Gasteiger partial charge in [0.25, 0.3) is 0 Å². The maximum atomic E-state index is 13.3. The minimum Gasteiger partial charge on any atom is -0.326 e. The number of benzene rings is 3. The van der Waals surface area contributed by atoms with Crippen molar-refractivity contribution in [2.45, 2.75) is 6.04 Å². The summed E-state index contributed by atoms with van der Waals surface area (Å²) in [6.45, 7) is 0. The van der Waals surface area contributed by atoms with Crippen LogP contribution in [0, 0.1) is 5.82 Å². The van der Waals surface area contributed by atoms with Crippen LogP contribution in [0.1, 0.15) is 16.5 Å². The highest BCUT2D eigenvalue weighted by Gasteiger charge is 2.18. The highest BCUT2D eigenvalue weighted by atomic mass is 32.1. The topological polar surface area (TPSA) is 41.1 Å². The van der Waals surface area contributed by atoms with Crippen LogP contribution in [-0.2, 0) is 0 Å². The molecule has 0 bridgehead atoms. The average Bonchev–Trinajstić information content (AvgIpc) is 3.22. The summed E-state index contributed by atoms with van der Waals surface area (Å²) in [7, 11) is 0. The van der Waals surface area contributed by atoms with E-state index in [1.807, 2.05) is 60.0 Å². The summed E-state index contributed by atoms with van der Waals surface area (Å²) < 4.78 is 13.3. The standard InChI is InChI=1S/C22H17FN2OS/c23-17-12-10-16(11-13-17)21(20-9-4-14-27-20)25-22(26)24-19-8-3-6-15-5-1-2-7-18(15)19/h1-14,21H,(H2,24,25,26). The summed E-state index contributed by atoms with van der Waals surface area (Å²) in [6, 6.07) is 23.1. The molecule has 4 aromatic rings. The maximum Gasteiger partial charge on any atom is 0.320 e. The lowest BCUT2D eigenvalue weighted by molar-refractivity contribution is 0.250. The van der Waals surface area contributed by atoms with E-state index < -0.39 is 0 Å². The first-order valence-electron chi connectivity index (χ1n) is 8.55. The molecule has 0 aliphatic carbocycles. The fourth-order valence-corrected chi connectivity index (χ4v) is 3.86. The van der Waals surface area contributed by atoms with Gasteiger partial charge in [-0.25, -0.2) is 9.18 Å². The molecule has 0 aliphatic rings. The molecule has 0 radical (unpaired) electrons. The zero-order valence-corrected chi connectivity index (χ0v) is 15.2. The fraction of sp³-hybridized carbons (Fsp3) is 0.0455. The Labute approximate surface area is 160 Å². The predicted molar refractivity (Wildman–Crippen MR) is 109 cm³/mol. The number of nitrogens with one attached hydrogen (secondary N) is 2. The lowest BCUT2D eigenvalue weighted by Gasteiger charge is -2.19. The zero-order chi connectivity index (χ0) is 18.6. The van der Waals surface area contributed by atoms with E-state index >= 15 is 0 Å². The second kappa shape index (κ2) is 7.60. The summed E-state index contributed by atoms with van der Waals surface area (Å²) in [5.74, 6) is -0.302. The predicted octanol–water partition coefficient (Wildman–Crippen LogP) is 5.95. The Balaban J connectivity index is 1.59. The molecule has 4 rings (SSSR count). The Morgan fingerprint density at radius 2 is 1.67 bits per heavy atom. The van der Waals surface area contributed by atoms with Crippen LogP contribution >= 0.6 is 11.3 Å². The molecule has 1 heterocycles. The number of thiophene rings is 1. The molecular formula is C22H17FN2OS. The molecule has 5 heteroatoms. The number of urea groups is 1. The molecule has 0 aliphatic heterocycles. The number of halogens is 1.